The number of nitrogens with one attached hydrogen (secondary N) is 1. The van der Waals surface area contributed by atoms with Crippen LogP contribution in [0.1, 0.15) is 12.5 Å². The maximum Gasteiger partial charge on any atom is 0.275 e. The number of nitrogens with zero attached hydrogens (tertiary/aromatic N) is 3. The van der Waals surface area contributed by atoms with Crippen LogP contribution >= 0.6 is 11.3 Å². The molecule has 3 aromatic heterocycles. The van der Waals surface area contributed by atoms with Crippen LogP contribution in [-0.4, -0.2) is 32.3 Å². The fourth-order valence-electron chi connectivity index (χ4n) is 2.85. The zero-order valence-corrected chi connectivity index (χ0v) is 15.2. The standard InChI is InChI=1S/C19H18N4O2S/c1-11-3-5-13(6-4-11)23-10-22-16-15-14(21-9-12(2)24)7-8-20-18(15)26-17(16)19(23)25/h3-8,10,12,24H,9H2,1-2H3,(H,20,21)/t12-/m0/s1. The van der Waals surface area contributed by atoms with Crippen LogP contribution in [0.2, 0.25) is 0 Å². The van der Waals surface area contributed by atoms with E-state index in [-0.39, 0.29) is 5.56 Å². The number of aryl methyl sites for hydroxylation is 1. The molecule has 0 radical (unpaired) electrons. The van der Waals surface area contributed by atoms with E-state index in [2.05, 4.69) is 15.3 Å². The Morgan fingerprint density at radius 3 is 2.73 bits per heavy atom. The molecule has 1 aromatic carbocycles. The van der Waals surface area contributed by atoms with Gasteiger partial charge in [-0.05, 0) is 32.0 Å². The molecule has 0 unspecified atom stereocenters. The van der Waals surface area contributed by atoms with Crippen LogP contribution in [0.25, 0.3) is 26.1 Å². The van der Waals surface area contributed by atoms with Crippen LogP contribution in [0, 0.1) is 6.92 Å². The second-order valence-electron chi connectivity index (χ2n) is 6.30. The molecule has 4 aromatic rings. The summed E-state index contributed by atoms with van der Waals surface area (Å²) in [5, 5.41) is 13.6. The second-order valence-corrected chi connectivity index (χ2v) is 7.30. The van der Waals surface area contributed by atoms with Gasteiger partial charge >= 0.3 is 0 Å². The number of hydrogen-bond acceptors (Lipinski definition) is 6. The van der Waals surface area contributed by atoms with Gasteiger partial charge in [-0.25, -0.2) is 9.97 Å². The Balaban J connectivity index is 1.91. The first-order chi connectivity index (χ1) is 12.5. The summed E-state index contributed by atoms with van der Waals surface area (Å²) < 4.78 is 2.13. The number of pyridine rings is 1. The van der Waals surface area contributed by atoms with Crippen LogP contribution in [0.5, 0.6) is 0 Å². The Morgan fingerprint density at radius 1 is 1.23 bits per heavy atom. The van der Waals surface area contributed by atoms with E-state index in [1.54, 1.807) is 24.0 Å². The molecular weight excluding hydrogens is 348 g/mol. The normalized spacial score (nSPS) is 12.6. The van der Waals surface area contributed by atoms with Crippen molar-refractivity contribution >= 4 is 37.5 Å². The van der Waals surface area contributed by atoms with Crippen molar-refractivity contribution in [2.24, 2.45) is 0 Å². The monoisotopic (exact) mass is 366 g/mol. The van der Waals surface area contributed by atoms with Gasteiger partial charge in [-0.2, -0.15) is 0 Å². The Bertz CT molecular complexity index is 1150. The highest BCUT2D eigenvalue weighted by Gasteiger charge is 2.16. The van der Waals surface area contributed by atoms with Crippen molar-refractivity contribution in [3.8, 4) is 5.69 Å². The van der Waals surface area contributed by atoms with Crippen LogP contribution in [0.15, 0.2) is 47.7 Å². The number of hydrogen-bond donors (Lipinski definition) is 2. The third kappa shape index (κ3) is 2.85. The summed E-state index contributed by atoms with van der Waals surface area (Å²) in [6.07, 6.45) is 2.78. The highest BCUT2D eigenvalue weighted by Crippen LogP contribution is 2.34. The summed E-state index contributed by atoms with van der Waals surface area (Å²) in [5.41, 5.74) is 3.27. The number of aliphatic hydroxyl groups excluding tert-OH is 1. The van der Waals surface area contributed by atoms with Gasteiger partial charge in [0.1, 0.15) is 15.9 Å². The molecule has 0 aliphatic carbocycles. The first-order valence-corrected chi connectivity index (χ1v) is 9.14. The number of aromatic nitrogens is 3. The lowest BCUT2D eigenvalue weighted by Gasteiger charge is -2.09. The van der Waals surface area contributed by atoms with Gasteiger partial charge in [-0.1, -0.05) is 17.7 Å². The summed E-state index contributed by atoms with van der Waals surface area (Å²) >= 11 is 1.34. The van der Waals surface area contributed by atoms with Crippen LogP contribution in [0.3, 0.4) is 0 Å². The smallest absolute Gasteiger partial charge is 0.275 e. The molecular formula is C19H18N4O2S. The van der Waals surface area contributed by atoms with E-state index in [1.165, 1.54) is 11.3 Å². The molecule has 0 saturated carbocycles. The lowest BCUT2D eigenvalue weighted by atomic mass is 10.2. The molecule has 0 amide bonds. The maximum atomic E-state index is 13.0. The number of benzene rings is 1. The SMILES string of the molecule is Cc1ccc(-n2cnc3c(sc4nccc(NC[C@H](C)O)c43)c2=O)cc1. The van der Waals surface area contributed by atoms with Crippen LogP contribution in [0.4, 0.5) is 5.69 Å². The molecule has 132 valence electrons. The van der Waals surface area contributed by atoms with Gasteiger partial charge in [0.05, 0.1) is 22.7 Å². The van der Waals surface area contributed by atoms with Crippen molar-refractivity contribution in [3.63, 3.8) is 0 Å². The van der Waals surface area contributed by atoms with E-state index >= 15 is 0 Å². The molecule has 6 nitrogen and oxygen atoms in total. The van der Waals surface area contributed by atoms with Crippen LogP contribution < -0.4 is 10.9 Å². The number of thiophene rings is 1. The average Bonchev–Trinajstić information content (AvgIpc) is 3.01. The fraction of sp³-hybridized carbons (Fsp3) is 0.211. The number of anilines is 1. The molecule has 0 aliphatic rings. The molecule has 1 atom stereocenters. The highest BCUT2D eigenvalue weighted by molar-refractivity contribution is 7.25. The first kappa shape index (κ1) is 16.7. The molecule has 0 bridgehead atoms. The highest BCUT2D eigenvalue weighted by atomic mass is 32.1. The molecule has 0 aliphatic heterocycles. The summed E-state index contributed by atoms with van der Waals surface area (Å²) in [6.45, 7) is 4.14. The van der Waals surface area contributed by atoms with Crippen molar-refractivity contribution in [1.29, 1.82) is 0 Å². The molecule has 2 N–H and O–H groups in total. The van der Waals surface area contributed by atoms with Gasteiger partial charge in [-0.3, -0.25) is 9.36 Å². The molecule has 26 heavy (non-hydrogen) atoms. The summed E-state index contributed by atoms with van der Waals surface area (Å²) in [7, 11) is 0. The quantitative estimate of drug-likeness (QED) is 0.580. The van der Waals surface area contributed by atoms with Crippen molar-refractivity contribution < 1.29 is 5.11 Å². The fourth-order valence-corrected chi connectivity index (χ4v) is 3.90. The predicted octanol–water partition coefficient (Wildman–Crippen LogP) is 3.10. The predicted molar refractivity (Wildman–Crippen MR) is 105 cm³/mol. The average molecular weight is 366 g/mol. The number of aliphatic hydroxyl groups is 1. The molecule has 0 saturated heterocycles. The van der Waals surface area contributed by atoms with Crippen molar-refractivity contribution in [2.45, 2.75) is 20.0 Å². The lowest BCUT2D eigenvalue weighted by Crippen LogP contribution is -2.18. The minimum atomic E-state index is -0.477. The second kappa shape index (κ2) is 6.51. The van der Waals surface area contributed by atoms with E-state index in [4.69, 9.17) is 0 Å². The van der Waals surface area contributed by atoms with Crippen molar-refractivity contribution in [1.82, 2.24) is 14.5 Å². The largest absolute Gasteiger partial charge is 0.392 e. The van der Waals surface area contributed by atoms with E-state index in [1.807, 2.05) is 37.3 Å². The van der Waals surface area contributed by atoms with Gasteiger partial charge in [0.2, 0.25) is 0 Å². The van der Waals surface area contributed by atoms with Gasteiger partial charge < -0.3 is 10.4 Å². The first-order valence-electron chi connectivity index (χ1n) is 8.32. The zero-order chi connectivity index (χ0) is 18.3. The van der Waals surface area contributed by atoms with E-state index in [0.29, 0.717) is 16.8 Å². The third-order valence-corrected chi connectivity index (χ3v) is 5.26. The summed E-state index contributed by atoms with van der Waals surface area (Å²) in [4.78, 5) is 22.7. The minimum Gasteiger partial charge on any atom is -0.392 e. The Kier molecular flexibility index (Phi) is 4.18. The minimum absolute atomic E-state index is 0.108. The molecule has 7 heteroatoms. The van der Waals surface area contributed by atoms with E-state index in [0.717, 1.165) is 27.2 Å². The van der Waals surface area contributed by atoms with Gasteiger partial charge in [0, 0.05) is 18.4 Å². The Morgan fingerprint density at radius 2 is 2.00 bits per heavy atom. The van der Waals surface area contributed by atoms with E-state index < -0.39 is 6.10 Å². The summed E-state index contributed by atoms with van der Waals surface area (Å²) in [5.74, 6) is 0. The molecule has 0 spiro atoms. The molecule has 4 rings (SSSR count). The third-order valence-electron chi connectivity index (χ3n) is 4.18. The molecule has 3 heterocycles. The molecule has 0 fully saturated rings. The Hall–Kier alpha value is -2.77. The lowest BCUT2D eigenvalue weighted by molar-refractivity contribution is 0.208. The van der Waals surface area contributed by atoms with Gasteiger partial charge in [0.25, 0.3) is 5.56 Å². The van der Waals surface area contributed by atoms with Gasteiger partial charge in [0.15, 0.2) is 0 Å². The van der Waals surface area contributed by atoms with E-state index in [9.17, 15) is 9.90 Å². The zero-order valence-electron chi connectivity index (χ0n) is 14.4. The van der Waals surface area contributed by atoms with Gasteiger partial charge in [-0.15, -0.1) is 11.3 Å². The Labute approximate surface area is 153 Å². The van der Waals surface area contributed by atoms with Crippen molar-refractivity contribution in [2.75, 3.05) is 11.9 Å². The van der Waals surface area contributed by atoms with Crippen LogP contribution in [-0.2, 0) is 0 Å². The number of fused-ring (bicyclic) bond motifs is 3. The summed E-state index contributed by atoms with van der Waals surface area (Å²) in [6, 6.07) is 9.59. The maximum absolute atomic E-state index is 13.0. The number of rotatable bonds is 4. The topological polar surface area (TPSA) is 80.0 Å². The van der Waals surface area contributed by atoms with Crippen molar-refractivity contribution in [3.05, 3.63) is 58.8 Å².